The number of amides is 2. The molecule has 8 heteroatoms. The smallest absolute Gasteiger partial charge is 0.342 e. The number of likely N-dealkylation sites (N-methyl/N-ethyl adjacent to an activating group) is 1. The number of alkyl halides is 3. The summed E-state index contributed by atoms with van der Waals surface area (Å²) >= 11 is 5.91. The number of carbonyl (C=O) groups is 2. The molecule has 1 heterocycles. The van der Waals surface area contributed by atoms with Gasteiger partial charge in [-0.25, -0.2) is 0 Å². The highest BCUT2D eigenvalue weighted by molar-refractivity contribution is 6.33. The summed E-state index contributed by atoms with van der Waals surface area (Å²) in [4.78, 5) is 27.6. The maximum Gasteiger partial charge on any atom is 0.416 e. The summed E-state index contributed by atoms with van der Waals surface area (Å²) in [5.41, 5.74) is -1.18. The molecule has 0 N–H and O–H groups in total. The number of halogens is 4. The van der Waals surface area contributed by atoms with Gasteiger partial charge in [-0.15, -0.1) is 0 Å². The number of piperazine rings is 1. The van der Waals surface area contributed by atoms with Crippen LogP contribution in [-0.2, 0) is 11.0 Å². The van der Waals surface area contributed by atoms with E-state index in [4.69, 9.17) is 11.6 Å². The first-order chi connectivity index (χ1) is 10.7. The lowest BCUT2D eigenvalue weighted by atomic mass is 10.0. The van der Waals surface area contributed by atoms with Crippen LogP contribution >= 0.6 is 11.6 Å². The third kappa shape index (κ3) is 3.44. The number of benzene rings is 1. The van der Waals surface area contributed by atoms with Gasteiger partial charge >= 0.3 is 6.18 Å². The molecule has 1 aliphatic heterocycles. The molecule has 4 nitrogen and oxygen atoms in total. The fourth-order valence-corrected chi connectivity index (χ4v) is 2.77. The van der Waals surface area contributed by atoms with E-state index in [9.17, 15) is 22.8 Å². The number of hydrogen-bond donors (Lipinski definition) is 0. The van der Waals surface area contributed by atoms with Gasteiger partial charge in [-0.2, -0.15) is 13.2 Å². The monoisotopic (exact) mass is 348 g/mol. The standard InChI is InChI=1S/C15H16ClF3N2O2/c1-3-12-14(23)20(2)6-7-21(12)13(22)10-8-9(15(17,18)19)4-5-11(10)16/h4-5,8,12H,3,6-7H2,1-2H3/t12-/m0/s1. The molecule has 1 atom stereocenters. The Bertz CT molecular complexity index is 634. The van der Waals surface area contributed by atoms with Crippen LogP contribution in [0.3, 0.4) is 0 Å². The molecule has 0 unspecified atom stereocenters. The summed E-state index contributed by atoms with van der Waals surface area (Å²) < 4.78 is 38.5. The fraction of sp³-hybridized carbons (Fsp3) is 0.467. The third-order valence-corrected chi connectivity index (χ3v) is 4.22. The molecule has 1 aliphatic rings. The summed E-state index contributed by atoms with van der Waals surface area (Å²) in [5.74, 6) is -0.885. The van der Waals surface area contributed by atoms with E-state index >= 15 is 0 Å². The Hall–Kier alpha value is -1.76. The second-order valence-corrected chi connectivity index (χ2v) is 5.78. The molecule has 0 bridgehead atoms. The van der Waals surface area contributed by atoms with E-state index in [1.54, 1.807) is 14.0 Å². The van der Waals surface area contributed by atoms with Crippen molar-refractivity contribution in [3.05, 3.63) is 34.3 Å². The predicted octanol–water partition coefficient (Wildman–Crippen LogP) is 3.05. The Kier molecular flexibility index (Phi) is 4.89. The van der Waals surface area contributed by atoms with Gasteiger partial charge in [0.25, 0.3) is 5.91 Å². The highest BCUT2D eigenvalue weighted by atomic mass is 35.5. The lowest BCUT2D eigenvalue weighted by Crippen LogP contribution is -2.57. The molecule has 0 spiro atoms. The van der Waals surface area contributed by atoms with E-state index in [2.05, 4.69) is 0 Å². The van der Waals surface area contributed by atoms with Crippen molar-refractivity contribution in [1.82, 2.24) is 9.80 Å². The molecule has 23 heavy (non-hydrogen) atoms. The van der Waals surface area contributed by atoms with Crippen molar-refractivity contribution in [3.63, 3.8) is 0 Å². The summed E-state index contributed by atoms with van der Waals surface area (Å²) in [6.45, 7) is 2.33. The van der Waals surface area contributed by atoms with Gasteiger partial charge in [0, 0.05) is 20.1 Å². The van der Waals surface area contributed by atoms with Crippen LogP contribution in [0.4, 0.5) is 13.2 Å². The van der Waals surface area contributed by atoms with Crippen LogP contribution in [0.5, 0.6) is 0 Å². The minimum absolute atomic E-state index is 0.0655. The first kappa shape index (κ1) is 17.6. The van der Waals surface area contributed by atoms with Crippen LogP contribution in [0.15, 0.2) is 18.2 Å². The molecular formula is C15H16ClF3N2O2. The van der Waals surface area contributed by atoms with E-state index in [1.807, 2.05) is 0 Å². The normalized spacial score (nSPS) is 19.2. The number of carbonyl (C=O) groups excluding carboxylic acids is 2. The molecule has 2 amide bonds. The van der Waals surface area contributed by atoms with Crippen LogP contribution < -0.4 is 0 Å². The summed E-state index contributed by atoms with van der Waals surface area (Å²) in [7, 11) is 1.63. The first-order valence-electron chi connectivity index (χ1n) is 7.09. The lowest BCUT2D eigenvalue weighted by Gasteiger charge is -2.39. The number of nitrogens with zero attached hydrogens (tertiary/aromatic N) is 2. The zero-order valence-corrected chi connectivity index (χ0v) is 13.4. The molecule has 1 fully saturated rings. The van der Waals surface area contributed by atoms with Crippen LogP contribution in [0.1, 0.15) is 29.3 Å². The summed E-state index contributed by atoms with van der Waals surface area (Å²) in [6, 6.07) is 1.93. The van der Waals surface area contributed by atoms with Gasteiger partial charge in [0.05, 0.1) is 16.1 Å². The van der Waals surface area contributed by atoms with Crippen molar-refractivity contribution < 1.29 is 22.8 Å². The predicted molar refractivity (Wildman–Crippen MR) is 79.2 cm³/mol. The Morgan fingerprint density at radius 2 is 2.00 bits per heavy atom. The van der Waals surface area contributed by atoms with Gasteiger partial charge in [-0.05, 0) is 24.6 Å². The molecule has 0 aliphatic carbocycles. The molecule has 2 rings (SSSR count). The van der Waals surface area contributed by atoms with Gasteiger partial charge < -0.3 is 9.80 Å². The number of hydrogen-bond acceptors (Lipinski definition) is 2. The molecular weight excluding hydrogens is 333 g/mol. The van der Waals surface area contributed by atoms with Crippen LogP contribution in [0, 0.1) is 0 Å². The maximum atomic E-state index is 12.8. The van der Waals surface area contributed by atoms with Crippen molar-refractivity contribution >= 4 is 23.4 Å². The van der Waals surface area contributed by atoms with Crippen molar-refractivity contribution in [2.24, 2.45) is 0 Å². The van der Waals surface area contributed by atoms with Crippen molar-refractivity contribution in [2.45, 2.75) is 25.6 Å². The maximum absolute atomic E-state index is 12.8. The average molecular weight is 349 g/mol. The summed E-state index contributed by atoms with van der Waals surface area (Å²) in [6.07, 6.45) is -4.19. The van der Waals surface area contributed by atoms with E-state index in [0.717, 1.165) is 18.2 Å². The highest BCUT2D eigenvalue weighted by Crippen LogP contribution is 2.32. The van der Waals surface area contributed by atoms with Gasteiger partial charge in [0.15, 0.2) is 0 Å². The van der Waals surface area contributed by atoms with Gasteiger partial charge in [-0.3, -0.25) is 9.59 Å². The van der Waals surface area contributed by atoms with Crippen molar-refractivity contribution in [3.8, 4) is 0 Å². The minimum atomic E-state index is -4.57. The second-order valence-electron chi connectivity index (χ2n) is 5.37. The molecule has 0 saturated carbocycles. The molecule has 0 aromatic heterocycles. The van der Waals surface area contributed by atoms with E-state index < -0.39 is 23.7 Å². The van der Waals surface area contributed by atoms with E-state index in [-0.39, 0.29) is 23.0 Å². The second kappa shape index (κ2) is 6.39. The Labute approximate surface area is 136 Å². The third-order valence-electron chi connectivity index (χ3n) is 3.89. The first-order valence-corrected chi connectivity index (χ1v) is 7.47. The van der Waals surface area contributed by atoms with Crippen LogP contribution in [0.2, 0.25) is 5.02 Å². The number of rotatable bonds is 2. The summed E-state index contributed by atoms with van der Waals surface area (Å²) in [5, 5.41) is -0.0655. The Morgan fingerprint density at radius 1 is 1.35 bits per heavy atom. The minimum Gasteiger partial charge on any atom is -0.342 e. The molecule has 1 saturated heterocycles. The van der Waals surface area contributed by atoms with Gasteiger partial charge in [0.2, 0.25) is 5.91 Å². The molecule has 1 aromatic carbocycles. The topological polar surface area (TPSA) is 40.6 Å². The highest BCUT2D eigenvalue weighted by Gasteiger charge is 2.37. The van der Waals surface area contributed by atoms with Gasteiger partial charge in [0.1, 0.15) is 6.04 Å². The largest absolute Gasteiger partial charge is 0.416 e. The Morgan fingerprint density at radius 3 is 2.57 bits per heavy atom. The molecule has 0 radical (unpaired) electrons. The molecule has 1 aromatic rings. The quantitative estimate of drug-likeness (QED) is 0.824. The fourth-order valence-electron chi connectivity index (χ4n) is 2.57. The van der Waals surface area contributed by atoms with E-state index in [1.165, 1.54) is 9.80 Å². The van der Waals surface area contributed by atoms with Gasteiger partial charge in [-0.1, -0.05) is 18.5 Å². The van der Waals surface area contributed by atoms with Crippen LogP contribution in [-0.4, -0.2) is 47.8 Å². The molecule has 126 valence electrons. The average Bonchev–Trinajstić information content (AvgIpc) is 2.48. The SMILES string of the molecule is CC[C@H]1C(=O)N(C)CCN1C(=O)c1cc(C(F)(F)F)ccc1Cl. The van der Waals surface area contributed by atoms with E-state index in [0.29, 0.717) is 13.0 Å². The van der Waals surface area contributed by atoms with Crippen molar-refractivity contribution in [1.29, 1.82) is 0 Å². The Balaban J connectivity index is 2.38. The zero-order valence-electron chi connectivity index (χ0n) is 12.7. The van der Waals surface area contributed by atoms with Crippen LogP contribution in [0.25, 0.3) is 0 Å². The lowest BCUT2D eigenvalue weighted by molar-refractivity contribution is -0.139. The zero-order chi connectivity index (χ0) is 17.4. The van der Waals surface area contributed by atoms with Crippen molar-refractivity contribution in [2.75, 3.05) is 20.1 Å².